The highest BCUT2D eigenvalue weighted by atomic mass is 16.6. The fourth-order valence-corrected chi connectivity index (χ4v) is 3.32. The van der Waals surface area contributed by atoms with Crippen molar-refractivity contribution in [1.29, 1.82) is 0 Å². The molecule has 0 aliphatic heterocycles. The Hall–Kier alpha value is -1.42. The average Bonchev–Trinajstić information content (AvgIpc) is 2.38. The predicted octanol–water partition coefficient (Wildman–Crippen LogP) is 3.55. The molecule has 1 N–H and O–H groups in total. The molecular weight excluding hydrogens is 252 g/mol. The second-order valence-electron chi connectivity index (χ2n) is 6.24. The van der Waals surface area contributed by atoms with Crippen LogP contribution in [0.5, 0.6) is 0 Å². The molecule has 20 heavy (non-hydrogen) atoms. The Labute approximate surface area is 120 Å². The smallest absolute Gasteiger partial charge is 0.269 e. The van der Waals surface area contributed by atoms with Gasteiger partial charge in [-0.2, -0.15) is 0 Å². The van der Waals surface area contributed by atoms with E-state index in [1.807, 2.05) is 12.1 Å². The highest BCUT2D eigenvalue weighted by molar-refractivity contribution is 5.32. The minimum absolute atomic E-state index is 0.164. The number of non-ortho nitro benzene ring substituents is 1. The van der Waals surface area contributed by atoms with Crippen LogP contribution in [0.3, 0.4) is 0 Å². The van der Waals surface area contributed by atoms with Gasteiger partial charge in [0.15, 0.2) is 0 Å². The molecule has 2 rings (SSSR count). The molecule has 1 aromatic carbocycles. The summed E-state index contributed by atoms with van der Waals surface area (Å²) in [5, 5.41) is 14.2. The van der Waals surface area contributed by atoms with E-state index in [1.54, 1.807) is 12.1 Å². The second-order valence-corrected chi connectivity index (χ2v) is 6.24. The van der Waals surface area contributed by atoms with Crippen molar-refractivity contribution in [1.82, 2.24) is 5.32 Å². The Morgan fingerprint density at radius 2 is 1.75 bits per heavy atom. The summed E-state index contributed by atoms with van der Waals surface area (Å²) in [6.45, 7) is 5.61. The second kappa shape index (κ2) is 6.84. The first kappa shape index (κ1) is 15.0. The number of nitrogens with one attached hydrogen (secondary N) is 1. The van der Waals surface area contributed by atoms with Gasteiger partial charge in [0.25, 0.3) is 5.69 Å². The molecule has 0 amide bonds. The van der Waals surface area contributed by atoms with Crippen molar-refractivity contribution in [2.75, 3.05) is 6.54 Å². The molecule has 1 aliphatic rings. The van der Waals surface area contributed by atoms with Crippen LogP contribution in [-0.4, -0.2) is 17.5 Å². The third kappa shape index (κ3) is 4.30. The van der Waals surface area contributed by atoms with E-state index in [4.69, 9.17) is 0 Å². The van der Waals surface area contributed by atoms with Crippen molar-refractivity contribution in [3.63, 3.8) is 0 Å². The zero-order chi connectivity index (χ0) is 14.5. The van der Waals surface area contributed by atoms with Gasteiger partial charge < -0.3 is 5.32 Å². The standard InChI is InChI=1S/C16H24N2O2/c1-12-9-13(2)11-15(10-12)17-8-7-14-3-5-16(6-4-14)18(19)20/h3-6,12-13,15,17H,7-11H2,1-2H3. The number of nitro benzene ring substituents is 1. The van der Waals surface area contributed by atoms with Gasteiger partial charge in [-0.25, -0.2) is 0 Å². The maximum absolute atomic E-state index is 10.6. The lowest BCUT2D eigenvalue weighted by molar-refractivity contribution is -0.384. The normalized spacial score (nSPS) is 26.4. The van der Waals surface area contributed by atoms with Crippen LogP contribution in [0.2, 0.25) is 0 Å². The molecule has 0 spiro atoms. The summed E-state index contributed by atoms with van der Waals surface area (Å²) < 4.78 is 0. The number of nitro groups is 1. The van der Waals surface area contributed by atoms with Gasteiger partial charge in [0.1, 0.15) is 0 Å². The van der Waals surface area contributed by atoms with Crippen molar-refractivity contribution >= 4 is 5.69 Å². The Morgan fingerprint density at radius 1 is 1.15 bits per heavy atom. The molecule has 2 unspecified atom stereocenters. The summed E-state index contributed by atoms with van der Waals surface area (Å²) in [7, 11) is 0. The molecule has 1 aromatic rings. The summed E-state index contributed by atoms with van der Waals surface area (Å²) in [4.78, 5) is 10.2. The summed E-state index contributed by atoms with van der Waals surface area (Å²) in [5.74, 6) is 1.63. The molecular formula is C16H24N2O2. The van der Waals surface area contributed by atoms with Crippen molar-refractivity contribution in [2.24, 2.45) is 11.8 Å². The summed E-state index contributed by atoms with van der Waals surface area (Å²) in [6.07, 6.45) is 4.81. The first-order valence-corrected chi connectivity index (χ1v) is 7.51. The van der Waals surface area contributed by atoms with E-state index in [-0.39, 0.29) is 10.6 Å². The van der Waals surface area contributed by atoms with Crippen LogP contribution in [0.25, 0.3) is 0 Å². The molecule has 4 heteroatoms. The molecule has 0 heterocycles. The molecule has 110 valence electrons. The zero-order valence-corrected chi connectivity index (χ0v) is 12.3. The Kier molecular flexibility index (Phi) is 5.12. The SMILES string of the molecule is CC1CC(C)CC(NCCc2ccc([N+](=O)[O-])cc2)C1. The Bertz CT molecular complexity index is 434. The van der Waals surface area contributed by atoms with Crippen molar-refractivity contribution < 1.29 is 4.92 Å². The Morgan fingerprint density at radius 3 is 2.30 bits per heavy atom. The minimum Gasteiger partial charge on any atom is -0.314 e. The minimum atomic E-state index is -0.354. The highest BCUT2D eigenvalue weighted by Crippen LogP contribution is 2.28. The van der Waals surface area contributed by atoms with Crippen LogP contribution in [0.4, 0.5) is 5.69 Å². The van der Waals surface area contributed by atoms with Gasteiger partial charge in [-0.05, 0) is 49.6 Å². The van der Waals surface area contributed by atoms with E-state index < -0.39 is 0 Å². The van der Waals surface area contributed by atoms with Crippen LogP contribution >= 0.6 is 0 Å². The van der Waals surface area contributed by atoms with Crippen LogP contribution in [0, 0.1) is 22.0 Å². The third-order valence-electron chi connectivity index (χ3n) is 4.17. The fourth-order valence-electron chi connectivity index (χ4n) is 3.32. The number of nitrogens with zero attached hydrogens (tertiary/aromatic N) is 1. The van der Waals surface area contributed by atoms with Crippen molar-refractivity contribution in [3.8, 4) is 0 Å². The third-order valence-corrected chi connectivity index (χ3v) is 4.17. The molecule has 0 saturated heterocycles. The number of hydrogen-bond donors (Lipinski definition) is 1. The molecule has 0 aromatic heterocycles. The fraction of sp³-hybridized carbons (Fsp3) is 0.625. The van der Waals surface area contributed by atoms with Gasteiger partial charge in [0, 0.05) is 18.2 Å². The molecule has 4 nitrogen and oxygen atoms in total. The topological polar surface area (TPSA) is 55.2 Å². The first-order valence-electron chi connectivity index (χ1n) is 7.51. The summed E-state index contributed by atoms with van der Waals surface area (Å²) in [6, 6.07) is 7.50. The van der Waals surface area contributed by atoms with Gasteiger partial charge in [-0.3, -0.25) is 10.1 Å². The van der Waals surface area contributed by atoms with Gasteiger partial charge in [-0.1, -0.05) is 26.0 Å². The molecule has 1 saturated carbocycles. The molecule has 0 radical (unpaired) electrons. The van der Waals surface area contributed by atoms with E-state index in [0.717, 1.165) is 30.4 Å². The van der Waals surface area contributed by atoms with Gasteiger partial charge in [-0.15, -0.1) is 0 Å². The van der Waals surface area contributed by atoms with E-state index >= 15 is 0 Å². The lowest BCUT2D eigenvalue weighted by atomic mass is 9.80. The number of rotatable bonds is 5. The molecule has 1 fully saturated rings. The van der Waals surface area contributed by atoms with Crippen LogP contribution in [0.15, 0.2) is 24.3 Å². The van der Waals surface area contributed by atoms with Crippen LogP contribution < -0.4 is 5.32 Å². The lowest BCUT2D eigenvalue weighted by Crippen LogP contribution is -2.37. The van der Waals surface area contributed by atoms with E-state index in [9.17, 15) is 10.1 Å². The highest BCUT2D eigenvalue weighted by Gasteiger charge is 2.23. The first-order chi connectivity index (χ1) is 9.54. The summed E-state index contributed by atoms with van der Waals surface area (Å²) >= 11 is 0. The van der Waals surface area contributed by atoms with E-state index in [2.05, 4.69) is 19.2 Å². The van der Waals surface area contributed by atoms with Gasteiger partial charge in [0.05, 0.1) is 4.92 Å². The maximum atomic E-state index is 10.6. The quantitative estimate of drug-likeness (QED) is 0.661. The largest absolute Gasteiger partial charge is 0.314 e. The Balaban J connectivity index is 1.76. The van der Waals surface area contributed by atoms with Crippen LogP contribution in [-0.2, 0) is 6.42 Å². The summed E-state index contributed by atoms with van der Waals surface area (Å²) in [5.41, 5.74) is 1.32. The van der Waals surface area contributed by atoms with Gasteiger partial charge >= 0.3 is 0 Å². The van der Waals surface area contributed by atoms with E-state index in [0.29, 0.717) is 6.04 Å². The van der Waals surface area contributed by atoms with E-state index in [1.165, 1.54) is 19.3 Å². The molecule has 2 atom stereocenters. The van der Waals surface area contributed by atoms with Crippen LogP contribution in [0.1, 0.15) is 38.7 Å². The van der Waals surface area contributed by atoms with Gasteiger partial charge in [0.2, 0.25) is 0 Å². The predicted molar refractivity (Wildman–Crippen MR) is 80.8 cm³/mol. The number of benzene rings is 1. The monoisotopic (exact) mass is 276 g/mol. The molecule has 0 bridgehead atoms. The average molecular weight is 276 g/mol. The maximum Gasteiger partial charge on any atom is 0.269 e. The molecule has 1 aliphatic carbocycles. The lowest BCUT2D eigenvalue weighted by Gasteiger charge is -2.32. The van der Waals surface area contributed by atoms with Crippen molar-refractivity contribution in [2.45, 2.75) is 45.6 Å². The zero-order valence-electron chi connectivity index (χ0n) is 12.3. The number of hydrogen-bond acceptors (Lipinski definition) is 3. The van der Waals surface area contributed by atoms with Crippen molar-refractivity contribution in [3.05, 3.63) is 39.9 Å².